The molecule has 158 valence electrons. The Balaban J connectivity index is 2.06. The van der Waals surface area contributed by atoms with E-state index in [-0.39, 0.29) is 17.9 Å². The van der Waals surface area contributed by atoms with Crippen LogP contribution in [-0.4, -0.2) is 57.6 Å². The molecule has 0 bridgehead atoms. The van der Waals surface area contributed by atoms with Gasteiger partial charge in [-0.1, -0.05) is 12.1 Å². The molecule has 1 aromatic heterocycles. The van der Waals surface area contributed by atoms with Gasteiger partial charge in [-0.3, -0.25) is 9.59 Å². The van der Waals surface area contributed by atoms with Crippen LogP contribution in [0.5, 0.6) is 5.75 Å². The number of quaternary nitrogens is 1. The van der Waals surface area contributed by atoms with Gasteiger partial charge in [0, 0.05) is 0 Å². The van der Waals surface area contributed by atoms with Crippen LogP contribution in [0.2, 0.25) is 0 Å². The number of rotatable bonds is 11. The van der Waals surface area contributed by atoms with E-state index in [0.717, 1.165) is 16.4 Å². The number of likely N-dealkylation sites (N-methyl/N-ethyl adjacent to an activating group) is 1. The van der Waals surface area contributed by atoms with Crippen molar-refractivity contribution in [2.45, 2.75) is 18.5 Å². The number of hydrogen-bond donors (Lipinski definition) is 3. The summed E-state index contributed by atoms with van der Waals surface area (Å²) in [7, 11) is 5.53. The Hall–Kier alpha value is -2.45. The van der Waals surface area contributed by atoms with Gasteiger partial charge in [-0.05, 0) is 42.7 Å². The second kappa shape index (κ2) is 11.5. The van der Waals surface area contributed by atoms with Crippen LogP contribution in [0.1, 0.15) is 28.6 Å². The van der Waals surface area contributed by atoms with Gasteiger partial charge in [0.2, 0.25) is 5.91 Å². The molecule has 7 nitrogen and oxygen atoms in total. The summed E-state index contributed by atoms with van der Waals surface area (Å²) in [4.78, 5) is 26.7. The number of hydrogen-bond acceptors (Lipinski definition) is 5. The number of carbonyl (C=O) groups is 2. The summed E-state index contributed by atoms with van der Waals surface area (Å²) < 4.78 is 10.8. The molecular formula is C21H30N3O4S+. The average molecular weight is 421 g/mol. The fraction of sp³-hybridized carbons (Fsp3) is 0.429. The summed E-state index contributed by atoms with van der Waals surface area (Å²) >= 11 is 1.63. The first-order chi connectivity index (χ1) is 14.0. The molecule has 2 rings (SSSR count). The fourth-order valence-electron chi connectivity index (χ4n) is 2.98. The van der Waals surface area contributed by atoms with Gasteiger partial charge in [-0.15, -0.1) is 0 Å². The maximum Gasteiger partial charge on any atom is 0.255 e. The highest BCUT2D eigenvalue weighted by molar-refractivity contribution is 7.98. The monoisotopic (exact) mass is 420 g/mol. The molecule has 0 aliphatic rings. The van der Waals surface area contributed by atoms with E-state index < -0.39 is 6.04 Å². The van der Waals surface area contributed by atoms with E-state index in [2.05, 4.69) is 10.6 Å². The summed E-state index contributed by atoms with van der Waals surface area (Å²) in [6.45, 7) is 0.412. The topological polar surface area (TPSA) is 85.0 Å². The molecule has 0 unspecified atom stereocenters. The SMILES string of the molecule is COc1ccccc1C(=O)N[C@H](CCSC)C(=O)NC[C@H](c1ccco1)[NH+](C)C. The van der Waals surface area contributed by atoms with Crippen molar-refractivity contribution in [2.75, 3.05) is 39.8 Å². The second-order valence-electron chi connectivity index (χ2n) is 6.90. The Morgan fingerprint density at radius 1 is 1.21 bits per heavy atom. The molecular weight excluding hydrogens is 390 g/mol. The minimum Gasteiger partial charge on any atom is -0.496 e. The number of amides is 2. The Morgan fingerprint density at radius 3 is 2.59 bits per heavy atom. The van der Waals surface area contributed by atoms with Crippen LogP contribution >= 0.6 is 11.8 Å². The van der Waals surface area contributed by atoms with Crippen molar-refractivity contribution in [3.05, 3.63) is 54.0 Å². The van der Waals surface area contributed by atoms with Gasteiger partial charge in [0.25, 0.3) is 5.91 Å². The lowest BCUT2D eigenvalue weighted by atomic mass is 10.1. The molecule has 2 amide bonds. The van der Waals surface area contributed by atoms with Crippen LogP contribution in [0.15, 0.2) is 47.1 Å². The zero-order valence-electron chi connectivity index (χ0n) is 17.4. The predicted molar refractivity (Wildman–Crippen MR) is 115 cm³/mol. The smallest absolute Gasteiger partial charge is 0.255 e. The van der Waals surface area contributed by atoms with E-state index in [1.807, 2.05) is 32.5 Å². The molecule has 8 heteroatoms. The van der Waals surface area contributed by atoms with Crippen molar-refractivity contribution in [2.24, 2.45) is 0 Å². The van der Waals surface area contributed by atoms with Crippen LogP contribution in [0.3, 0.4) is 0 Å². The lowest BCUT2D eigenvalue weighted by molar-refractivity contribution is -0.891. The Kier molecular flexibility index (Phi) is 9.08. The molecule has 0 aliphatic heterocycles. The van der Waals surface area contributed by atoms with Gasteiger partial charge in [-0.2, -0.15) is 11.8 Å². The third-order valence-corrected chi connectivity index (χ3v) is 5.29. The van der Waals surface area contributed by atoms with E-state index in [1.54, 1.807) is 42.3 Å². The van der Waals surface area contributed by atoms with Crippen molar-refractivity contribution >= 4 is 23.6 Å². The lowest BCUT2D eigenvalue weighted by Crippen LogP contribution is -3.07. The number of methoxy groups -OCH3 is 1. The molecule has 0 fully saturated rings. The summed E-state index contributed by atoms with van der Waals surface area (Å²) in [6, 6.07) is 10.1. The number of ether oxygens (including phenoxy) is 1. The van der Waals surface area contributed by atoms with Crippen LogP contribution in [0.4, 0.5) is 0 Å². The van der Waals surface area contributed by atoms with E-state index >= 15 is 0 Å². The third-order valence-electron chi connectivity index (χ3n) is 4.65. The van der Waals surface area contributed by atoms with Gasteiger partial charge in [0.1, 0.15) is 11.8 Å². The second-order valence-corrected chi connectivity index (χ2v) is 7.88. The summed E-state index contributed by atoms with van der Waals surface area (Å²) in [5.74, 6) is 1.50. The van der Waals surface area contributed by atoms with Gasteiger partial charge in [-0.25, -0.2) is 0 Å². The molecule has 29 heavy (non-hydrogen) atoms. The first kappa shape index (κ1) is 22.8. The quantitative estimate of drug-likeness (QED) is 0.508. The predicted octanol–water partition coefficient (Wildman–Crippen LogP) is 1.14. The maximum absolute atomic E-state index is 12.9. The van der Waals surface area contributed by atoms with Crippen molar-refractivity contribution in [1.82, 2.24) is 10.6 Å². The minimum absolute atomic E-state index is 0.0138. The minimum atomic E-state index is -0.630. The molecule has 0 saturated heterocycles. The summed E-state index contributed by atoms with van der Waals surface area (Å²) in [5.41, 5.74) is 0.406. The largest absolute Gasteiger partial charge is 0.496 e. The number of para-hydroxylation sites is 1. The highest BCUT2D eigenvalue weighted by Gasteiger charge is 2.26. The van der Waals surface area contributed by atoms with E-state index in [9.17, 15) is 9.59 Å². The number of furan rings is 1. The summed E-state index contributed by atoms with van der Waals surface area (Å²) in [6.07, 6.45) is 4.13. The van der Waals surface area contributed by atoms with E-state index in [1.165, 1.54) is 7.11 Å². The lowest BCUT2D eigenvalue weighted by Gasteiger charge is -2.23. The Bertz CT molecular complexity index is 780. The fourth-order valence-corrected chi connectivity index (χ4v) is 3.45. The molecule has 3 N–H and O–H groups in total. The molecule has 2 atom stereocenters. The number of thioether (sulfide) groups is 1. The highest BCUT2D eigenvalue weighted by atomic mass is 32.2. The van der Waals surface area contributed by atoms with Gasteiger partial charge in [0.05, 0.1) is 39.6 Å². The maximum atomic E-state index is 12.9. The van der Waals surface area contributed by atoms with Crippen molar-refractivity contribution in [1.29, 1.82) is 0 Å². The normalized spacial score (nSPS) is 13.0. The molecule has 1 aromatic carbocycles. The van der Waals surface area contributed by atoms with Crippen molar-refractivity contribution < 1.29 is 23.6 Å². The Morgan fingerprint density at radius 2 is 1.97 bits per heavy atom. The van der Waals surface area contributed by atoms with Crippen LogP contribution in [0, 0.1) is 0 Å². The number of benzene rings is 1. The molecule has 1 heterocycles. The third kappa shape index (κ3) is 6.54. The van der Waals surface area contributed by atoms with E-state index in [0.29, 0.717) is 24.3 Å². The zero-order valence-corrected chi connectivity index (χ0v) is 18.2. The molecule has 0 spiro atoms. The van der Waals surface area contributed by atoms with Gasteiger partial charge < -0.3 is 24.7 Å². The average Bonchev–Trinajstić information content (AvgIpc) is 3.25. The van der Waals surface area contributed by atoms with Crippen molar-refractivity contribution in [3.8, 4) is 5.75 Å². The van der Waals surface area contributed by atoms with Gasteiger partial charge >= 0.3 is 0 Å². The number of nitrogens with one attached hydrogen (secondary N) is 3. The number of carbonyl (C=O) groups excluding carboxylic acids is 2. The van der Waals surface area contributed by atoms with Crippen LogP contribution < -0.4 is 20.3 Å². The first-order valence-corrected chi connectivity index (χ1v) is 10.9. The molecule has 0 radical (unpaired) electrons. The van der Waals surface area contributed by atoms with Gasteiger partial charge in [0.15, 0.2) is 11.8 Å². The molecule has 2 aromatic rings. The van der Waals surface area contributed by atoms with Crippen LogP contribution in [-0.2, 0) is 4.79 Å². The highest BCUT2D eigenvalue weighted by Crippen LogP contribution is 2.17. The van der Waals surface area contributed by atoms with E-state index in [4.69, 9.17) is 9.15 Å². The molecule has 0 aliphatic carbocycles. The first-order valence-electron chi connectivity index (χ1n) is 9.51. The van der Waals surface area contributed by atoms with Crippen LogP contribution in [0.25, 0.3) is 0 Å². The van der Waals surface area contributed by atoms with Crippen molar-refractivity contribution in [3.63, 3.8) is 0 Å². The Labute approximate surface area is 176 Å². The molecule has 0 saturated carbocycles. The standard InChI is InChI=1S/C21H29N3O4S/c1-24(2)17(19-10-7-12-28-19)14-22-21(26)16(11-13-29-4)23-20(25)15-8-5-6-9-18(15)27-3/h5-10,12,16-17H,11,13-14H2,1-4H3,(H,22,26)(H,23,25)/p+1/t16-,17-/m1/s1. The summed E-state index contributed by atoms with van der Waals surface area (Å²) in [5, 5.41) is 5.83. The zero-order chi connectivity index (χ0) is 21.2.